The first-order valence-corrected chi connectivity index (χ1v) is 9.18. The SMILES string of the molecule is CC(C)(C)c1ccc2oc(=O)cc(CNC(=O)Cc3ccc(Cl)cc3)c2c1. The van der Waals surface area contributed by atoms with Crippen molar-refractivity contribution in [3.05, 3.63) is 80.7 Å². The first-order valence-electron chi connectivity index (χ1n) is 8.81. The summed E-state index contributed by atoms with van der Waals surface area (Å²) in [5.41, 5.74) is 2.84. The highest BCUT2D eigenvalue weighted by Crippen LogP contribution is 2.27. The normalized spacial score (nSPS) is 11.6. The fourth-order valence-electron chi connectivity index (χ4n) is 2.88. The number of fused-ring (bicyclic) bond motifs is 1. The number of nitrogens with one attached hydrogen (secondary N) is 1. The van der Waals surface area contributed by atoms with Gasteiger partial charge in [0.25, 0.3) is 0 Å². The van der Waals surface area contributed by atoms with Crippen molar-refractivity contribution in [2.45, 2.75) is 39.2 Å². The van der Waals surface area contributed by atoms with Crippen LogP contribution >= 0.6 is 11.6 Å². The maximum Gasteiger partial charge on any atom is 0.336 e. The van der Waals surface area contributed by atoms with Crippen LogP contribution in [0.25, 0.3) is 11.0 Å². The Balaban J connectivity index is 1.82. The van der Waals surface area contributed by atoms with Crippen molar-refractivity contribution >= 4 is 28.5 Å². The number of carbonyl (C=O) groups is 1. The Hall–Kier alpha value is -2.59. The zero-order valence-electron chi connectivity index (χ0n) is 15.6. The molecule has 0 radical (unpaired) electrons. The number of carbonyl (C=O) groups excluding carboxylic acids is 1. The standard InChI is InChI=1S/C22H22ClNO3/c1-22(2,3)16-6-9-19-18(12-16)15(11-21(26)27-19)13-24-20(25)10-14-4-7-17(23)8-5-14/h4-9,11-12H,10,13H2,1-3H3,(H,24,25). The van der Waals surface area contributed by atoms with Gasteiger partial charge in [0.2, 0.25) is 5.91 Å². The summed E-state index contributed by atoms with van der Waals surface area (Å²) in [4.78, 5) is 24.1. The molecule has 1 amide bonds. The molecule has 1 N–H and O–H groups in total. The number of rotatable bonds is 4. The molecule has 0 spiro atoms. The Morgan fingerprint density at radius 3 is 2.44 bits per heavy atom. The summed E-state index contributed by atoms with van der Waals surface area (Å²) in [6.45, 7) is 6.64. The minimum absolute atomic E-state index is 0.0283. The molecule has 5 heteroatoms. The zero-order valence-corrected chi connectivity index (χ0v) is 16.4. The Kier molecular flexibility index (Phi) is 5.38. The van der Waals surface area contributed by atoms with Gasteiger partial charge in [-0.3, -0.25) is 4.79 Å². The summed E-state index contributed by atoms with van der Waals surface area (Å²) in [7, 11) is 0. The third-order valence-electron chi connectivity index (χ3n) is 4.45. The van der Waals surface area contributed by atoms with Crippen molar-refractivity contribution < 1.29 is 9.21 Å². The average molecular weight is 384 g/mol. The molecule has 0 aliphatic carbocycles. The van der Waals surface area contributed by atoms with Crippen LogP contribution in [0.4, 0.5) is 0 Å². The van der Waals surface area contributed by atoms with E-state index in [1.165, 1.54) is 6.07 Å². The van der Waals surface area contributed by atoms with Crippen LogP contribution in [0, 0.1) is 0 Å². The van der Waals surface area contributed by atoms with Gasteiger partial charge < -0.3 is 9.73 Å². The fraction of sp³-hybridized carbons (Fsp3) is 0.273. The van der Waals surface area contributed by atoms with E-state index >= 15 is 0 Å². The topological polar surface area (TPSA) is 59.3 Å². The molecule has 0 atom stereocenters. The highest BCUT2D eigenvalue weighted by atomic mass is 35.5. The van der Waals surface area contributed by atoms with Crippen molar-refractivity contribution in [1.82, 2.24) is 5.32 Å². The van der Waals surface area contributed by atoms with Crippen LogP contribution in [0.15, 0.2) is 57.7 Å². The fourth-order valence-corrected chi connectivity index (χ4v) is 3.01. The molecule has 3 rings (SSSR count). The van der Waals surface area contributed by atoms with E-state index in [0.29, 0.717) is 10.6 Å². The predicted molar refractivity (Wildman–Crippen MR) is 108 cm³/mol. The highest BCUT2D eigenvalue weighted by Gasteiger charge is 2.16. The van der Waals surface area contributed by atoms with Gasteiger partial charge in [-0.2, -0.15) is 0 Å². The van der Waals surface area contributed by atoms with Crippen LogP contribution < -0.4 is 10.9 Å². The summed E-state index contributed by atoms with van der Waals surface area (Å²) in [6, 6.07) is 14.4. The van der Waals surface area contributed by atoms with Gasteiger partial charge in [-0.1, -0.05) is 50.6 Å². The summed E-state index contributed by atoms with van der Waals surface area (Å²) in [5, 5.41) is 4.36. The Bertz CT molecular complexity index is 1030. The first-order chi connectivity index (χ1) is 12.7. The number of halogens is 1. The number of hydrogen-bond donors (Lipinski definition) is 1. The van der Waals surface area contributed by atoms with Crippen LogP contribution in [-0.4, -0.2) is 5.91 Å². The Labute approximate surface area is 163 Å². The van der Waals surface area contributed by atoms with E-state index in [9.17, 15) is 9.59 Å². The molecule has 0 aliphatic rings. The van der Waals surface area contributed by atoms with Crippen LogP contribution in [0.1, 0.15) is 37.5 Å². The summed E-state index contributed by atoms with van der Waals surface area (Å²) in [5.74, 6) is -0.120. The van der Waals surface area contributed by atoms with Crippen molar-refractivity contribution in [1.29, 1.82) is 0 Å². The number of benzene rings is 2. The largest absolute Gasteiger partial charge is 0.423 e. The van der Waals surface area contributed by atoms with Crippen LogP contribution in [0.3, 0.4) is 0 Å². The van der Waals surface area contributed by atoms with Gasteiger partial charge in [0.1, 0.15) is 5.58 Å². The Morgan fingerprint density at radius 1 is 1.07 bits per heavy atom. The lowest BCUT2D eigenvalue weighted by molar-refractivity contribution is -0.120. The second kappa shape index (κ2) is 7.57. The van der Waals surface area contributed by atoms with E-state index in [0.717, 1.165) is 22.1 Å². The Morgan fingerprint density at radius 2 is 1.78 bits per heavy atom. The lowest BCUT2D eigenvalue weighted by Gasteiger charge is -2.19. The molecule has 0 fully saturated rings. The molecule has 140 valence electrons. The summed E-state index contributed by atoms with van der Waals surface area (Å²) < 4.78 is 5.30. The van der Waals surface area contributed by atoms with Gasteiger partial charge in [0.05, 0.1) is 6.42 Å². The smallest absolute Gasteiger partial charge is 0.336 e. The van der Waals surface area contributed by atoms with E-state index in [-0.39, 0.29) is 24.3 Å². The van der Waals surface area contributed by atoms with Crippen molar-refractivity contribution in [3.63, 3.8) is 0 Å². The maximum atomic E-state index is 12.3. The molecular formula is C22H22ClNO3. The van der Waals surface area contributed by atoms with Crippen molar-refractivity contribution in [2.75, 3.05) is 0 Å². The molecular weight excluding hydrogens is 362 g/mol. The van der Waals surface area contributed by atoms with Gasteiger partial charge >= 0.3 is 5.63 Å². The second-order valence-corrected chi connectivity index (χ2v) is 8.07. The highest BCUT2D eigenvalue weighted by molar-refractivity contribution is 6.30. The van der Waals surface area contributed by atoms with E-state index in [1.807, 2.05) is 30.3 Å². The lowest BCUT2D eigenvalue weighted by atomic mass is 9.86. The molecule has 27 heavy (non-hydrogen) atoms. The van der Waals surface area contributed by atoms with Gasteiger partial charge in [-0.25, -0.2) is 4.79 Å². The molecule has 2 aromatic carbocycles. The molecule has 3 aromatic rings. The average Bonchev–Trinajstić information content (AvgIpc) is 2.60. The predicted octanol–water partition coefficient (Wildman–Crippen LogP) is 4.60. The first kappa shape index (κ1) is 19.2. The van der Waals surface area contributed by atoms with Crippen molar-refractivity contribution in [3.8, 4) is 0 Å². The van der Waals surface area contributed by atoms with E-state index in [2.05, 4.69) is 26.1 Å². The molecule has 0 saturated carbocycles. The maximum absolute atomic E-state index is 12.3. The monoisotopic (exact) mass is 383 g/mol. The quantitative estimate of drug-likeness (QED) is 0.669. The molecule has 0 saturated heterocycles. The van der Waals surface area contributed by atoms with Gasteiger partial charge in [0, 0.05) is 23.0 Å². The third-order valence-corrected chi connectivity index (χ3v) is 4.70. The molecule has 0 unspecified atom stereocenters. The summed E-state index contributed by atoms with van der Waals surface area (Å²) in [6.07, 6.45) is 0.254. The van der Waals surface area contributed by atoms with Gasteiger partial charge in [0.15, 0.2) is 0 Å². The van der Waals surface area contributed by atoms with Gasteiger partial charge in [-0.05, 0) is 46.4 Å². The molecule has 1 heterocycles. The third kappa shape index (κ3) is 4.77. The van der Waals surface area contributed by atoms with Crippen LogP contribution in [0.2, 0.25) is 5.02 Å². The van der Waals surface area contributed by atoms with Gasteiger partial charge in [-0.15, -0.1) is 0 Å². The van der Waals surface area contributed by atoms with E-state index in [1.54, 1.807) is 12.1 Å². The number of hydrogen-bond acceptors (Lipinski definition) is 3. The van der Waals surface area contributed by atoms with Crippen molar-refractivity contribution in [2.24, 2.45) is 0 Å². The lowest BCUT2D eigenvalue weighted by Crippen LogP contribution is -2.25. The number of amides is 1. The minimum atomic E-state index is -0.423. The van der Waals surface area contributed by atoms with Crippen LogP contribution in [-0.2, 0) is 23.2 Å². The zero-order chi connectivity index (χ0) is 19.6. The van der Waals surface area contributed by atoms with E-state index in [4.69, 9.17) is 16.0 Å². The molecule has 0 aliphatic heterocycles. The molecule has 1 aromatic heterocycles. The molecule has 4 nitrogen and oxygen atoms in total. The summed E-state index contributed by atoms with van der Waals surface area (Å²) >= 11 is 5.87. The van der Waals surface area contributed by atoms with Crippen LogP contribution in [0.5, 0.6) is 0 Å². The second-order valence-electron chi connectivity index (χ2n) is 7.63. The molecule has 0 bridgehead atoms. The van der Waals surface area contributed by atoms with E-state index < -0.39 is 5.63 Å². The minimum Gasteiger partial charge on any atom is -0.423 e.